The Hall–Kier alpha value is -4.50. The van der Waals surface area contributed by atoms with Crippen LogP contribution in [-0.4, -0.2) is 18.7 Å². The predicted octanol–water partition coefficient (Wildman–Crippen LogP) is 7.68. The van der Waals surface area contributed by atoms with Crippen molar-refractivity contribution >= 4 is 23.7 Å². The third-order valence-corrected chi connectivity index (χ3v) is 5.97. The Kier molecular flexibility index (Phi) is 9.86. The Morgan fingerprint density at radius 3 is 2.32 bits per heavy atom. The van der Waals surface area contributed by atoms with Crippen molar-refractivity contribution in [3.8, 4) is 17.2 Å². The van der Waals surface area contributed by atoms with Gasteiger partial charge in [-0.05, 0) is 66.6 Å². The number of alkyl halides is 3. The van der Waals surface area contributed by atoms with E-state index in [-0.39, 0.29) is 12.2 Å². The molecule has 1 amide bonds. The van der Waals surface area contributed by atoms with Crippen LogP contribution in [0.25, 0.3) is 0 Å². The van der Waals surface area contributed by atoms with Crippen LogP contribution >= 0.6 is 11.6 Å². The molecule has 0 atom stereocenters. The van der Waals surface area contributed by atoms with Crippen LogP contribution in [0, 0.1) is 0 Å². The molecule has 0 spiro atoms. The van der Waals surface area contributed by atoms with Gasteiger partial charge in [0.15, 0.2) is 11.5 Å². The maximum atomic E-state index is 13.0. The number of amides is 1. The van der Waals surface area contributed by atoms with E-state index in [1.807, 2.05) is 55.5 Å². The number of carbonyl (C=O) groups excluding carboxylic acids is 1. The van der Waals surface area contributed by atoms with Gasteiger partial charge in [0.1, 0.15) is 19.0 Å². The number of ether oxygens (including phenoxy) is 3. The van der Waals surface area contributed by atoms with Crippen LogP contribution in [0.5, 0.6) is 17.2 Å². The molecule has 1 N–H and O–H groups in total. The van der Waals surface area contributed by atoms with Gasteiger partial charge in [-0.3, -0.25) is 4.79 Å². The van der Waals surface area contributed by atoms with Crippen molar-refractivity contribution in [2.45, 2.75) is 26.3 Å². The van der Waals surface area contributed by atoms with Crippen molar-refractivity contribution in [1.29, 1.82) is 0 Å². The molecular weight excluding hydrogens is 557 g/mol. The fourth-order valence-electron chi connectivity index (χ4n) is 3.74. The van der Waals surface area contributed by atoms with Gasteiger partial charge in [0.2, 0.25) is 0 Å². The second-order valence-electron chi connectivity index (χ2n) is 8.74. The van der Waals surface area contributed by atoms with Crippen LogP contribution < -0.4 is 19.6 Å². The summed E-state index contributed by atoms with van der Waals surface area (Å²) in [6.45, 7) is 2.91. The Morgan fingerprint density at radius 1 is 0.829 bits per heavy atom. The number of hydrogen-bond donors (Lipinski definition) is 1. The van der Waals surface area contributed by atoms with Gasteiger partial charge < -0.3 is 14.2 Å². The number of hydrazone groups is 1. The van der Waals surface area contributed by atoms with E-state index >= 15 is 0 Å². The average Bonchev–Trinajstić information content (AvgIpc) is 2.96. The van der Waals surface area contributed by atoms with Gasteiger partial charge in [-0.25, -0.2) is 5.43 Å². The maximum absolute atomic E-state index is 13.0. The van der Waals surface area contributed by atoms with Gasteiger partial charge in [0.05, 0.1) is 18.4 Å². The first kappa shape index (κ1) is 29.5. The number of halogens is 4. The second kappa shape index (κ2) is 13.7. The molecule has 0 aliphatic carbocycles. The molecule has 41 heavy (non-hydrogen) atoms. The summed E-state index contributed by atoms with van der Waals surface area (Å²) in [5.74, 6) is 0.818. The molecule has 4 aromatic rings. The Labute approximate surface area is 240 Å². The molecule has 0 unspecified atom stereocenters. The van der Waals surface area contributed by atoms with Crippen molar-refractivity contribution in [3.63, 3.8) is 0 Å². The molecule has 0 saturated heterocycles. The highest BCUT2D eigenvalue weighted by molar-refractivity contribution is 6.30. The molecular formula is C31H26ClF3N2O4. The van der Waals surface area contributed by atoms with E-state index in [9.17, 15) is 18.0 Å². The number of rotatable bonds is 11. The van der Waals surface area contributed by atoms with Crippen LogP contribution in [0.15, 0.2) is 96.1 Å². The minimum atomic E-state index is -4.56. The summed E-state index contributed by atoms with van der Waals surface area (Å²) >= 11 is 6.14. The third kappa shape index (κ3) is 8.49. The molecule has 212 valence electrons. The molecule has 0 radical (unpaired) electrons. The van der Waals surface area contributed by atoms with Crippen LogP contribution in [0.3, 0.4) is 0 Å². The molecule has 0 saturated carbocycles. The summed E-state index contributed by atoms with van der Waals surface area (Å²) in [5.41, 5.74) is 3.43. The van der Waals surface area contributed by atoms with Crippen molar-refractivity contribution in [1.82, 2.24) is 5.43 Å². The molecule has 6 nitrogen and oxygen atoms in total. The largest absolute Gasteiger partial charge is 0.490 e. The molecule has 0 fully saturated rings. The van der Waals surface area contributed by atoms with E-state index in [1.165, 1.54) is 12.3 Å². The summed E-state index contributed by atoms with van der Waals surface area (Å²) in [6, 6.07) is 24.3. The fourth-order valence-corrected chi connectivity index (χ4v) is 3.92. The highest BCUT2D eigenvalue weighted by Crippen LogP contribution is 2.31. The molecule has 0 aliphatic heterocycles. The van der Waals surface area contributed by atoms with Crippen molar-refractivity contribution < 1.29 is 32.2 Å². The van der Waals surface area contributed by atoms with Gasteiger partial charge in [0, 0.05) is 16.1 Å². The summed E-state index contributed by atoms with van der Waals surface area (Å²) in [6.07, 6.45) is -3.26. The topological polar surface area (TPSA) is 69.2 Å². The molecule has 0 aliphatic rings. The first-order valence-electron chi connectivity index (χ1n) is 12.6. The second-order valence-corrected chi connectivity index (χ2v) is 9.17. The predicted molar refractivity (Wildman–Crippen MR) is 151 cm³/mol. The van der Waals surface area contributed by atoms with E-state index in [2.05, 4.69) is 10.5 Å². The van der Waals surface area contributed by atoms with Crippen LogP contribution in [0.4, 0.5) is 13.2 Å². The Bertz CT molecular complexity index is 1510. The Balaban J connectivity index is 1.42. The number of nitrogens with one attached hydrogen (secondary N) is 1. The van der Waals surface area contributed by atoms with E-state index < -0.39 is 17.6 Å². The first-order valence-corrected chi connectivity index (χ1v) is 13.0. The maximum Gasteiger partial charge on any atom is 0.416 e. The van der Waals surface area contributed by atoms with Gasteiger partial charge in [0.25, 0.3) is 5.91 Å². The van der Waals surface area contributed by atoms with Crippen LogP contribution in [0.1, 0.15) is 39.5 Å². The van der Waals surface area contributed by atoms with Gasteiger partial charge in [-0.15, -0.1) is 0 Å². The highest BCUT2D eigenvalue weighted by atomic mass is 35.5. The smallest absolute Gasteiger partial charge is 0.416 e. The lowest BCUT2D eigenvalue weighted by atomic mass is 10.1. The number of carbonyl (C=O) groups is 1. The Morgan fingerprint density at radius 2 is 1.56 bits per heavy atom. The fraction of sp³-hybridized carbons (Fsp3) is 0.161. The molecule has 0 bridgehead atoms. The van der Waals surface area contributed by atoms with E-state index in [0.717, 1.165) is 29.3 Å². The quantitative estimate of drug-likeness (QED) is 0.145. The van der Waals surface area contributed by atoms with E-state index in [1.54, 1.807) is 18.2 Å². The molecule has 4 aromatic carbocycles. The lowest BCUT2D eigenvalue weighted by molar-refractivity contribution is -0.137. The number of hydrogen-bond acceptors (Lipinski definition) is 5. The molecule has 0 heterocycles. The van der Waals surface area contributed by atoms with Gasteiger partial charge >= 0.3 is 6.18 Å². The first-order chi connectivity index (χ1) is 19.7. The zero-order valence-electron chi connectivity index (χ0n) is 22.0. The zero-order valence-corrected chi connectivity index (χ0v) is 22.7. The minimum Gasteiger partial charge on any atom is -0.490 e. The number of nitrogens with zero attached hydrogens (tertiary/aromatic N) is 1. The summed E-state index contributed by atoms with van der Waals surface area (Å²) in [4.78, 5) is 12.3. The molecule has 4 rings (SSSR count). The lowest BCUT2D eigenvalue weighted by Gasteiger charge is -2.14. The van der Waals surface area contributed by atoms with Crippen molar-refractivity contribution in [3.05, 3.63) is 124 Å². The van der Waals surface area contributed by atoms with E-state index in [4.69, 9.17) is 25.8 Å². The summed E-state index contributed by atoms with van der Waals surface area (Å²) in [7, 11) is 0. The third-order valence-electron chi connectivity index (χ3n) is 5.73. The van der Waals surface area contributed by atoms with E-state index in [0.29, 0.717) is 41.0 Å². The summed E-state index contributed by atoms with van der Waals surface area (Å²) < 4.78 is 56.6. The number of benzene rings is 4. The SMILES string of the molecule is CCOc1cc(COc2ccc(Cl)cc2/C=N/NC(=O)c2cccc(C(F)(F)F)c2)ccc1OCc1ccccc1. The average molecular weight is 583 g/mol. The monoisotopic (exact) mass is 582 g/mol. The zero-order chi connectivity index (χ0) is 29.2. The normalized spacial score (nSPS) is 11.3. The molecule has 0 aromatic heterocycles. The molecule has 10 heteroatoms. The standard InChI is InChI=1S/C31H26ClF3N2O4/c1-2-39-29-15-22(11-13-28(29)41-19-21-7-4-3-5-8-21)20-40-27-14-12-26(32)17-24(27)18-36-37-30(38)23-9-6-10-25(16-23)31(33,34)35/h3-18H,2,19-20H2,1H3,(H,37,38)/b36-18+. The van der Waals surface area contributed by atoms with Gasteiger partial charge in [-0.2, -0.15) is 18.3 Å². The van der Waals surface area contributed by atoms with Gasteiger partial charge in [-0.1, -0.05) is 54.1 Å². The summed E-state index contributed by atoms with van der Waals surface area (Å²) in [5, 5.41) is 4.29. The lowest BCUT2D eigenvalue weighted by Crippen LogP contribution is -2.18. The van der Waals surface area contributed by atoms with Crippen molar-refractivity contribution in [2.75, 3.05) is 6.61 Å². The van der Waals surface area contributed by atoms with Crippen LogP contribution in [-0.2, 0) is 19.4 Å². The van der Waals surface area contributed by atoms with Crippen LogP contribution in [0.2, 0.25) is 5.02 Å². The van der Waals surface area contributed by atoms with Crippen molar-refractivity contribution in [2.24, 2.45) is 5.10 Å². The highest BCUT2D eigenvalue weighted by Gasteiger charge is 2.30. The minimum absolute atomic E-state index is 0.179.